The molecule has 0 spiro atoms. The lowest BCUT2D eigenvalue weighted by Crippen LogP contribution is -2.58. The highest BCUT2D eigenvalue weighted by atomic mass is 16.5. The lowest BCUT2D eigenvalue weighted by Gasteiger charge is -2.27. The molecule has 4 heteroatoms. The summed E-state index contributed by atoms with van der Waals surface area (Å²) in [7, 11) is 0. The summed E-state index contributed by atoms with van der Waals surface area (Å²) in [4.78, 5) is 11.6. The summed E-state index contributed by atoms with van der Waals surface area (Å²) in [5.41, 5.74) is 12.9. The van der Waals surface area contributed by atoms with Crippen molar-refractivity contribution >= 4 is 5.91 Å². The van der Waals surface area contributed by atoms with Gasteiger partial charge in [-0.05, 0) is 48.3 Å². The number of hydrogen-bond acceptors (Lipinski definition) is 3. The van der Waals surface area contributed by atoms with Gasteiger partial charge in [0.25, 0.3) is 0 Å². The average molecular weight is 290 g/mol. The van der Waals surface area contributed by atoms with Gasteiger partial charge < -0.3 is 16.2 Å². The van der Waals surface area contributed by atoms with Crippen LogP contribution < -0.4 is 16.2 Å². The van der Waals surface area contributed by atoms with Gasteiger partial charge in [0.05, 0.1) is 0 Å². The molecule has 1 saturated carbocycles. The van der Waals surface area contributed by atoms with Crippen molar-refractivity contribution in [2.24, 2.45) is 17.4 Å². The number of hydrogen-bond donors (Lipinski definition) is 2. The first-order valence-corrected chi connectivity index (χ1v) is 7.47. The van der Waals surface area contributed by atoms with E-state index in [1.165, 1.54) is 5.56 Å². The van der Waals surface area contributed by atoms with Crippen LogP contribution in [-0.4, -0.2) is 18.1 Å². The molecular formula is C17H26N2O2. The molecule has 1 atom stereocenters. The van der Waals surface area contributed by atoms with Gasteiger partial charge in [0.15, 0.2) is 0 Å². The minimum absolute atomic E-state index is 0.0994. The van der Waals surface area contributed by atoms with Crippen molar-refractivity contribution in [1.29, 1.82) is 0 Å². The standard InChI is InChI=1S/C17H26N2O2/c1-11-9-13(16(2,3)4)7-8-14(11)21-10-17(19,15(18)20)12-5-6-12/h7-9,12H,5-6,10,19H2,1-4H3,(H2,18,20). The van der Waals surface area contributed by atoms with E-state index in [1.807, 2.05) is 13.0 Å². The Labute approximate surface area is 126 Å². The molecule has 0 radical (unpaired) electrons. The molecule has 1 aliphatic carbocycles. The van der Waals surface area contributed by atoms with Crippen LogP contribution in [0.4, 0.5) is 0 Å². The van der Waals surface area contributed by atoms with Crippen LogP contribution in [0, 0.1) is 12.8 Å². The third-order valence-electron chi connectivity index (χ3n) is 4.27. The maximum Gasteiger partial charge on any atom is 0.241 e. The summed E-state index contributed by atoms with van der Waals surface area (Å²) in [6, 6.07) is 6.13. The van der Waals surface area contributed by atoms with E-state index in [2.05, 4.69) is 32.9 Å². The summed E-state index contributed by atoms with van der Waals surface area (Å²) in [6.07, 6.45) is 1.90. The largest absolute Gasteiger partial charge is 0.491 e. The Kier molecular flexibility index (Phi) is 4.02. The Morgan fingerprint density at radius 1 is 1.33 bits per heavy atom. The molecule has 0 bridgehead atoms. The molecule has 1 amide bonds. The molecule has 4 nitrogen and oxygen atoms in total. The summed E-state index contributed by atoms with van der Waals surface area (Å²) >= 11 is 0. The van der Waals surface area contributed by atoms with Crippen LogP contribution in [0.3, 0.4) is 0 Å². The zero-order chi connectivity index (χ0) is 15.8. The molecule has 2 rings (SSSR count). The molecule has 1 fully saturated rings. The van der Waals surface area contributed by atoms with Crippen LogP contribution in [0.15, 0.2) is 18.2 Å². The highest BCUT2D eigenvalue weighted by molar-refractivity contribution is 5.85. The van der Waals surface area contributed by atoms with E-state index < -0.39 is 11.4 Å². The number of rotatable bonds is 5. The first-order valence-electron chi connectivity index (χ1n) is 7.47. The van der Waals surface area contributed by atoms with Gasteiger partial charge >= 0.3 is 0 Å². The predicted molar refractivity (Wildman–Crippen MR) is 84.2 cm³/mol. The molecule has 0 aromatic heterocycles. The third-order valence-corrected chi connectivity index (χ3v) is 4.27. The van der Waals surface area contributed by atoms with Crippen molar-refractivity contribution in [3.8, 4) is 5.75 Å². The lowest BCUT2D eigenvalue weighted by atomic mass is 9.86. The second-order valence-corrected chi connectivity index (χ2v) is 7.20. The van der Waals surface area contributed by atoms with Crippen molar-refractivity contribution in [2.45, 2.75) is 51.5 Å². The van der Waals surface area contributed by atoms with E-state index in [0.29, 0.717) is 0 Å². The van der Waals surface area contributed by atoms with Crippen LogP contribution in [0.2, 0.25) is 0 Å². The monoisotopic (exact) mass is 290 g/mol. The molecule has 1 unspecified atom stereocenters. The Balaban J connectivity index is 2.12. The number of nitrogens with two attached hydrogens (primary N) is 2. The van der Waals surface area contributed by atoms with Gasteiger partial charge in [0.1, 0.15) is 17.9 Å². The van der Waals surface area contributed by atoms with E-state index in [9.17, 15) is 4.79 Å². The van der Waals surface area contributed by atoms with E-state index in [1.54, 1.807) is 0 Å². The maximum absolute atomic E-state index is 11.6. The van der Waals surface area contributed by atoms with E-state index in [4.69, 9.17) is 16.2 Å². The number of carbonyl (C=O) groups excluding carboxylic acids is 1. The average Bonchev–Trinajstić information content (AvgIpc) is 3.19. The fraction of sp³-hybridized carbons (Fsp3) is 0.588. The number of primary amides is 1. The normalized spacial score (nSPS) is 18.1. The second-order valence-electron chi connectivity index (χ2n) is 7.20. The molecule has 4 N–H and O–H groups in total. The molecule has 116 valence electrons. The van der Waals surface area contributed by atoms with Gasteiger partial charge in [-0.25, -0.2) is 0 Å². The topological polar surface area (TPSA) is 78.3 Å². The zero-order valence-corrected chi connectivity index (χ0v) is 13.4. The SMILES string of the molecule is Cc1cc(C(C)(C)C)ccc1OCC(N)(C(N)=O)C1CC1. The molecular weight excluding hydrogens is 264 g/mol. The van der Waals surface area contributed by atoms with Crippen LogP contribution in [0.5, 0.6) is 5.75 Å². The number of aryl methyl sites for hydroxylation is 1. The molecule has 1 aromatic rings. The van der Waals surface area contributed by atoms with Gasteiger partial charge in [-0.15, -0.1) is 0 Å². The van der Waals surface area contributed by atoms with Gasteiger partial charge in [0.2, 0.25) is 5.91 Å². The van der Waals surface area contributed by atoms with Crippen molar-refractivity contribution in [3.63, 3.8) is 0 Å². The number of amides is 1. The molecule has 21 heavy (non-hydrogen) atoms. The first kappa shape index (κ1) is 15.8. The number of benzene rings is 1. The van der Waals surface area contributed by atoms with E-state index in [-0.39, 0.29) is 17.9 Å². The zero-order valence-electron chi connectivity index (χ0n) is 13.4. The Hall–Kier alpha value is -1.55. The maximum atomic E-state index is 11.6. The lowest BCUT2D eigenvalue weighted by molar-refractivity contribution is -0.125. The minimum atomic E-state index is -1.05. The van der Waals surface area contributed by atoms with Crippen molar-refractivity contribution in [2.75, 3.05) is 6.61 Å². The summed E-state index contributed by atoms with van der Waals surface area (Å²) in [5, 5.41) is 0. The minimum Gasteiger partial charge on any atom is -0.491 e. The van der Waals surface area contributed by atoms with Gasteiger partial charge in [-0.1, -0.05) is 32.9 Å². The second kappa shape index (κ2) is 5.34. The highest BCUT2D eigenvalue weighted by Crippen LogP contribution is 2.38. The fourth-order valence-corrected chi connectivity index (χ4v) is 2.46. The van der Waals surface area contributed by atoms with Crippen molar-refractivity contribution in [3.05, 3.63) is 29.3 Å². The van der Waals surface area contributed by atoms with E-state index >= 15 is 0 Å². The Morgan fingerprint density at radius 3 is 2.38 bits per heavy atom. The summed E-state index contributed by atoms with van der Waals surface area (Å²) < 4.78 is 5.81. The van der Waals surface area contributed by atoms with E-state index in [0.717, 1.165) is 24.2 Å². The summed E-state index contributed by atoms with van der Waals surface area (Å²) in [6.45, 7) is 8.67. The smallest absolute Gasteiger partial charge is 0.241 e. The van der Waals surface area contributed by atoms with Crippen LogP contribution >= 0.6 is 0 Å². The quantitative estimate of drug-likeness (QED) is 0.873. The molecule has 0 aliphatic heterocycles. The highest BCUT2D eigenvalue weighted by Gasteiger charge is 2.47. The van der Waals surface area contributed by atoms with Crippen LogP contribution in [0.1, 0.15) is 44.7 Å². The summed E-state index contributed by atoms with van der Waals surface area (Å²) in [5.74, 6) is 0.442. The van der Waals surface area contributed by atoms with Crippen LogP contribution in [-0.2, 0) is 10.2 Å². The molecule has 0 heterocycles. The molecule has 1 aliphatic rings. The Bertz CT molecular complexity index is 544. The first-order chi connectivity index (χ1) is 9.64. The van der Waals surface area contributed by atoms with Gasteiger partial charge in [-0.2, -0.15) is 0 Å². The van der Waals surface area contributed by atoms with Gasteiger partial charge in [0, 0.05) is 0 Å². The third kappa shape index (κ3) is 3.38. The van der Waals surface area contributed by atoms with Crippen molar-refractivity contribution in [1.82, 2.24) is 0 Å². The molecule has 1 aromatic carbocycles. The predicted octanol–water partition coefficient (Wildman–Crippen LogP) is 2.26. The number of ether oxygens (including phenoxy) is 1. The van der Waals surface area contributed by atoms with Crippen LogP contribution in [0.25, 0.3) is 0 Å². The number of carbonyl (C=O) groups is 1. The fourth-order valence-electron chi connectivity index (χ4n) is 2.46. The Morgan fingerprint density at radius 2 is 1.95 bits per heavy atom. The van der Waals surface area contributed by atoms with Crippen molar-refractivity contribution < 1.29 is 9.53 Å². The molecule has 0 saturated heterocycles. The van der Waals surface area contributed by atoms with Gasteiger partial charge in [-0.3, -0.25) is 4.79 Å².